The molecule has 0 nitrogen and oxygen atoms in total. The van der Waals surface area contributed by atoms with Gasteiger partial charge in [-0.25, -0.2) is 11.6 Å². The van der Waals surface area contributed by atoms with Crippen molar-refractivity contribution < 1.29 is 46.5 Å². The van der Waals surface area contributed by atoms with Gasteiger partial charge in [-0.15, -0.1) is 36.1 Å². The molecule has 0 atom stereocenters. The summed E-state index contributed by atoms with van der Waals surface area (Å²) in [7, 11) is 0. The molecule has 0 saturated carbocycles. The van der Waals surface area contributed by atoms with Crippen molar-refractivity contribution in [2.24, 2.45) is 0 Å². The van der Waals surface area contributed by atoms with Crippen molar-refractivity contribution in [3.05, 3.63) is 66.3 Å². The van der Waals surface area contributed by atoms with Crippen LogP contribution in [-0.4, -0.2) is 0 Å². The summed E-state index contributed by atoms with van der Waals surface area (Å²) in [6, 6.07) is 14.7. The van der Waals surface area contributed by atoms with Crippen molar-refractivity contribution in [2.45, 2.75) is 32.6 Å². The van der Waals surface area contributed by atoms with E-state index in [9.17, 15) is 0 Å². The molecule has 1 aliphatic carbocycles. The fourth-order valence-electron chi connectivity index (χ4n) is 2.06. The standard InChI is InChI=1S/C9H7.C9H13.2ClH.Ti/c1-2-5-9-7-3-6-8(9)4-1;1-2-3-6-9-7-4-5-8-9;;;/h1-7H;4,7H,2-3,5-6H2,1H3;2*1H;/q2*-1;;;+4/p-2. The average molecular weight is 355 g/mol. The van der Waals surface area contributed by atoms with Crippen LogP contribution in [0.4, 0.5) is 0 Å². The van der Waals surface area contributed by atoms with Crippen LogP contribution in [0.5, 0.6) is 0 Å². The molecule has 0 unspecified atom stereocenters. The number of unbranched alkanes of at least 4 members (excludes halogenated alkanes) is 1. The van der Waals surface area contributed by atoms with E-state index in [2.05, 4.69) is 67.6 Å². The predicted octanol–water partition coefficient (Wildman–Crippen LogP) is -0.570. The van der Waals surface area contributed by atoms with E-state index in [4.69, 9.17) is 0 Å². The Morgan fingerprint density at radius 3 is 2.52 bits per heavy atom. The van der Waals surface area contributed by atoms with Crippen molar-refractivity contribution in [1.82, 2.24) is 0 Å². The van der Waals surface area contributed by atoms with Crippen molar-refractivity contribution in [2.75, 3.05) is 0 Å². The summed E-state index contributed by atoms with van der Waals surface area (Å²) in [5.74, 6) is 0. The van der Waals surface area contributed by atoms with Gasteiger partial charge in [0.2, 0.25) is 0 Å². The van der Waals surface area contributed by atoms with Crippen molar-refractivity contribution >= 4 is 10.8 Å². The van der Waals surface area contributed by atoms with Gasteiger partial charge in [-0.05, 0) is 0 Å². The Kier molecular flexibility index (Phi) is 14.5. The molecule has 21 heavy (non-hydrogen) atoms. The van der Waals surface area contributed by atoms with E-state index in [-0.39, 0.29) is 46.5 Å². The molecule has 2 aromatic rings. The van der Waals surface area contributed by atoms with Crippen molar-refractivity contribution in [3.8, 4) is 0 Å². The molecule has 0 radical (unpaired) electrons. The van der Waals surface area contributed by atoms with E-state index in [1.165, 1.54) is 35.6 Å². The summed E-state index contributed by atoms with van der Waals surface area (Å²) in [5.41, 5.74) is 1.41. The van der Waals surface area contributed by atoms with Crippen LogP contribution < -0.4 is 24.8 Å². The van der Waals surface area contributed by atoms with Gasteiger partial charge in [-0.3, -0.25) is 6.08 Å². The van der Waals surface area contributed by atoms with Crippen LogP contribution >= 0.6 is 0 Å². The fraction of sp³-hybridized carbons (Fsp3) is 0.278. The normalized spacial score (nSPS) is 11.4. The summed E-state index contributed by atoms with van der Waals surface area (Å²) >= 11 is 0. The maximum absolute atomic E-state index is 3.30. The first-order valence-electron chi connectivity index (χ1n) is 6.77. The third-order valence-corrected chi connectivity index (χ3v) is 3.11. The summed E-state index contributed by atoms with van der Waals surface area (Å²) in [6.07, 6.45) is 12.5. The number of benzene rings is 1. The maximum atomic E-state index is 3.30. The fourth-order valence-corrected chi connectivity index (χ4v) is 2.06. The number of allylic oxidation sites excluding steroid dienone is 4. The van der Waals surface area contributed by atoms with Gasteiger partial charge in [0.1, 0.15) is 0 Å². The summed E-state index contributed by atoms with van der Waals surface area (Å²) in [5, 5.41) is 2.66. The molecule has 0 N–H and O–H groups in total. The Morgan fingerprint density at radius 1 is 1.14 bits per heavy atom. The van der Waals surface area contributed by atoms with Gasteiger partial charge >= 0.3 is 21.7 Å². The Labute approximate surface area is 155 Å². The van der Waals surface area contributed by atoms with E-state index in [0.29, 0.717) is 0 Å². The van der Waals surface area contributed by atoms with E-state index in [0.717, 1.165) is 6.42 Å². The van der Waals surface area contributed by atoms with Crippen molar-refractivity contribution in [3.63, 3.8) is 0 Å². The predicted molar refractivity (Wildman–Crippen MR) is 79.6 cm³/mol. The zero-order valence-electron chi connectivity index (χ0n) is 12.3. The summed E-state index contributed by atoms with van der Waals surface area (Å²) in [4.78, 5) is 0. The van der Waals surface area contributed by atoms with Crippen LogP contribution in [-0.2, 0) is 21.7 Å². The number of halogens is 2. The second kappa shape index (κ2) is 13.3. The maximum Gasteiger partial charge on any atom is 4.00 e. The van der Waals surface area contributed by atoms with Gasteiger partial charge in [-0.1, -0.05) is 32.3 Å². The van der Waals surface area contributed by atoms with Crippen LogP contribution in [0.25, 0.3) is 10.8 Å². The van der Waals surface area contributed by atoms with Gasteiger partial charge in [0.15, 0.2) is 0 Å². The van der Waals surface area contributed by atoms with Crippen LogP contribution in [0.3, 0.4) is 0 Å². The molecule has 0 aromatic heterocycles. The minimum atomic E-state index is 0. The summed E-state index contributed by atoms with van der Waals surface area (Å²) < 4.78 is 0. The molecule has 0 bridgehead atoms. The van der Waals surface area contributed by atoms with Gasteiger partial charge in [-0.2, -0.15) is 23.6 Å². The van der Waals surface area contributed by atoms with E-state index in [1.54, 1.807) is 0 Å². The second-order valence-electron chi connectivity index (χ2n) is 4.57. The van der Waals surface area contributed by atoms with Gasteiger partial charge in [0, 0.05) is 0 Å². The molecular formula is C18H20Cl2Ti. The largest absolute Gasteiger partial charge is 4.00 e. The van der Waals surface area contributed by atoms with Gasteiger partial charge in [0.25, 0.3) is 0 Å². The van der Waals surface area contributed by atoms with E-state index >= 15 is 0 Å². The second-order valence-corrected chi connectivity index (χ2v) is 4.57. The van der Waals surface area contributed by atoms with Crippen molar-refractivity contribution in [1.29, 1.82) is 0 Å². The smallest absolute Gasteiger partial charge is 1.00 e. The molecule has 110 valence electrons. The molecule has 0 spiro atoms. The zero-order chi connectivity index (χ0) is 12.6. The minimum Gasteiger partial charge on any atom is -1.00 e. The zero-order valence-corrected chi connectivity index (χ0v) is 15.4. The van der Waals surface area contributed by atoms with Crippen LogP contribution in [0.15, 0.2) is 60.2 Å². The molecular weight excluding hydrogens is 335 g/mol. The first-order valence-corrected chi connectivity index (χ1v) is 6.77. The first-order chi connectivity index (χ1) is 8.90. The number of fused-ring (bicyclic) bond motifs is 1. The number of hydrogen-bond acceptors (Lipinski definition) is 0. The SMILES string of the molecule is CCCCC1=[C-]CC=C1.[Cl-].[Cl-].[Ti+4].c1ccc2[cH-]ccc2c1. The molecule has 3 rings (SSSR count). The Morgan fingerprint density at radius 2 is 1.90 bits per heavy atom. The molecule has 0 saturated heterocycles. The molecule has 2 aromatic carbocycles. The van der Waals surface area contributed by atoms with Crippen LogP contribution in [0.1, 0.15) is 32.6 Å². The quantitative estimate of drug-likeness (QED) is 0.511. The topological polar surface area (TPSA) is 0 Å². The van der Waals surface area contributed by atoms with Crippen LogP contribution in [0.2, 0.25) is 0 Å². The Balaban J connectivity index is 0. The molecule has 0 heterocycles. The Bertz CT molecular complexity index is 511. The van der Waals surface area contributed by atoms with E-state index < -0.39 is 0 Å². The third kappa shape index (κ3) is 7.97. The monoisotopic (exact) mass is 354 g/mol. The third-order valence-electron chi connectivity index (χ3n) is 3.11. The molecule has 0 fully saturated rings. The summed E-state index contributed by atoms with van der Waals surface area (Å²) in [6.45, 7) is 2.22. The molecule has 1 aliphatic rings. The van der Waals surface area contributed by atoms with E-state index in [1.807, 2.05) is 0 Å². The van der Waals surface area contributed by atoms with Crippen LogP contribution in [0, 0.1) is 6.08 Å². The number of hydrogen-bond donors (Lipinski definition) is 0. The molecule has 0 amide bonds. The first kappa shape index (κ1) is 22.9. The average Bonchev–Trinajstić information content (AvgIpc) is 3.08. The minimum absolute atomic E-state index is 0. The van der Waals surface area contributed by atoms with Gasteiger partial charge in [0.05, 0.1) is 0 Å². The molecule has 0 aliphatic heterocycles. The number of rotatable bonds is 3. The molecule has 3 heteroatoms. The van der Waals surface area contributed by atoms with Gasteiger partial charge < -0.3 is 24.8 Å². The Hall–Kier alpha value is -0.396.